The Morgan fingerprint density at radius 1 is 1.30 bits per heavy atom. The van der Waals surface area contributed by atoms with Crippen LogP contribution in [-0.2, 0) is 11.3 Å². The molecule has 0 aliphatic rings. The van der Waals surface area contributed by atoms with Crippen LogP contribution in [-0.4, -0.2) is 16.5 Å². The van der Waals surface area contributed by atoms with Gasteiger partial charge in [0.2, 0.25) is 5.91 Å². The van der Waals surface area contributed by atoms with Crippen molar-refractivity contribution in [3.63, 3.8) is 0 Å². The van der Waals surface area contributed by atoms with E-state index in [0.717, 1.165) is 18.4 Å². The third kappa shape index (κ3) is 3.26. The highest BCUT2D eigenvalue weighted by atomic mass is 16.2. The number of nitrogens with zero attached hydrogens (tertiary/aromatic N) is 1. The van der Waals surface area contributed by atoms with Gasteiger partial charge in [-0.2, -0.15) is 0 Å². The van der Waals surface area contributed by atoms with Crippen LogP contribution in [0.3, 0.4) is 0 Å². The molecule has 106 valence electrons. The molecule has 2 rings (SSSR count). The van der Waals surface area contributed by atoms with Gasteiger partial charge in [0.15, 0.2) is 5.43 Å². The molecule has 1 amide bonds. The SMILES string of the molecule is CCC[C@@H](C)NC(=O)Cn1ccc(=O)c2ccccc21. The Bertz CT molecular complexity index is 661. The Balaban J connectivity index is 2.20. The van der Waals surface area contributed by atoms with Gasteiger partial charge in [-0.15, -0.1) is 0 Å². The second kappa shape index (κ2) is 6.37. The van der Waals surface area contributed by atoms with Crippen LogP contribution in [0.25, 0.3) is 10.9 Å². The molecule has 0 radical (unpaired) electrons. The highest BCUT2D eigenvalue weighted by molar-refractivity contribution is 5.82. The molecule has 4 heteroatoms. The molecular weight excluding hydrogens is 252 g/mol. The summed E-state index contributed by atoms with van der Waals surface area (Å²) in [6, 6.07) is 9.03. The van der Waals surface area contributed by atoms with E-state index < -0.39 is 0 Å². The fourth-order valence-electron chi connectivity index (χ4n) is 2.38. The van der Waals surface area contributed by atoms with Gasteiger partial charge < -0.3 is 9.88 Å². The average Bonchev–Trinajstić information content (AvgIpc) is 2.42. The number of rotatable bonds is 5. The lowest BCUT2D eigenvalue weighted by Gasteiger charge is -2.15. The van der Waals surface area contributed by atoms with Gasteiger partial charge >= 0.3 is 0 Å². The molecule has 0 aliphatic heterocycles. The molecule has 1 heterocycles. The number of para-hydroxylation sites is 1. The van der Waals surface area contributed by atoms with E-state index in [0.29, 0.717) is 5.39 Å². The predicted molar refractivity (Wildman–Crippen MR) is 80.7 cm³/mol. The second-order valence-corrected chi connectivity index (χ2v) is 5.08. The minimum atomic E-state index is -0.0280. The van der Waals surface area contributed by atoms with Gasteiger partial charge in [-0.25, -0.2) is 0 Å². The molecule has 2 aromatic rings. The van der Waals surface area contributed by atoms with E-state index in [-0.39, 0.29) is 23.9 Å². The van der Waals surface area contributed by atoms with Gasteiger partial charge in [-0.1, -0.05) is 25.5 Å². The summed E-state index contributed by atoms with van der Waals surface area (Å²) in [7, 11) is 0. The molecule has 0 fully saturated rings. The fourth-order valence-corrected chi connectivity index (χ4v) is 2.38. The predicted octanol–water partition coefficient (Wildman–Crippen LogP) is 2.31. The average molecular weight is 272 g/mol. The lowest BCUT2D eigenvalue weighted by molar-refractivity contribution is -0.122. The van der Waals surface area contributed by atoms with E-state index in [1.165, 1.54) is 6.07 Å². The first-order valence-corrected chi connectivity index (χ1v) is 6.99. The van der Waals surface area contributed by atoms with Crippen molar-refractivity contribution in [2.24, 2.45) is 0 Å². The lowest BCUT2D eigenvalue weighted by atomic mass is 10.2. The Morgan fingerprint density at radius 3 is 2.80 bits per heavy atom. The van der Waals surface area contributed by atoms with Crippen LogP contribution in [0.4, 0.5) is 0 Å². The smallest absolute Gasteiger partial charge is 0.240 e. The minimum absolute atomic E-state index is 0.0170. The number of fused-ring (bicyclic) bond motifs is 1. The van der Waals surface area contributed by atoms with Gasteiger partial charge in [-0.05, 0) is 25.5 Å². The van der Waals surface area contributed by atoms with Crippen molar-refractivity contribution < 1.29 is 4.79 Å². The Kier molecular flexibility index (Phi) is 4.56. The number of benzene rings is 1. The van der Waals surface area contributed by atoms with Crippen molar-refractivity contribution in [1.29, 1.82) is 0 Å². The van der Waals surface area contributed by atoms with Crippen molar-refractivity contribution in [2.75, 3.05) is 0 Å². The molecule has 0 spiro atoms. The van der Waals surface area contributed by atoms with Gasteiger partial charge in [-0.3, -0.25) is 9.59 Å². The number of hydrogen-bond donors (Lipinski definition) is 1. The number of pyridine rings is 1. The Morgan fingerprint density at radius 2 is 2.05 bits per heavy atom. The number of nitrogens with one attached hydrogen (secondary N) is 1. The van der Waals surface area contributed by atoms with E-state index in [9.17, 15) is 9.59 Å². The van der Waals surface area contributed by atoms with E-state index in [4.69, 9.17) is 0 Å². The van der Waals surface area contributed by atoms with Crippen LogP contribution in [0.2, 0.25) is 0 Å². The Hall–Kier alpha value is -2.10. The first kappa shape index (κ1) is 14.3. The zero-order valence-electron chi connectivity index (χ0n) is 11.9. The molecule has 1 aromatic carbocycles. The third-order valence-electron chi connectivity index (χ3n) is 3.33. The van der Waals surface area contributed by atoms with Crippen molar-refractivity contribution in [3.8, 4) is 0 Å². The highest BCUT2D eigenvalue weighted by Gasteiger charge is 2.09. The number of carbonyl (C=O) groups is 1. The Labute approximate surface area is 118 Å². The molecule has 1 N–H and O–H groups in total. The standard InChI is InChI=1S/C16H20N2O2/c1-3-6-12(2)17-16(20)11-18-10-9-15(19)13-7-4-5-8-14(13)18/h4-5,7-10,12H,3,6,11H2,1-2H3,(H,17,20)/t12-/m1/s1. The topological polar surface area (TPSA) is 51.1 Å². The third-order valence-corrected chi connectivity index (χ3v) is 3.33. The first-order valence-electron chi connectivity index (χ1n) is 6.99. The molecule has 0 bridgehead atoms. The number of hydrogen-bond acceptors (Lipinski definition) is 2. The summed E-state index contributed by atoms with van der Waals surface area (Å²) in [5, 5.41) is 3.61. The monoisotopic (exact) mass is 272 g/mol. The molecule has 0 unspecified atom stereocenters. The molecule has 0 saturated carbocycles. The maximum Gasteiger partial charge on any atom is 0.240 e. The van der Waals surface area contributed by atoms with E-state index in [2.05, 4.69) is 12.2 Å². The molecule has 4 nitrogen and oxygen atoms in total. The van der Waals surface area contributed by atoms with Gasteiger partial charge in [0.1, 0.15) is 6.54 Å². The molecular formula is C16H20N2O2. The number of amides is 1. The van der Waals surface area contributed by atoms with Crippen LogP contribution >= 0.6 is 0 Å². The number of carbonyl (C=O) groups excluding carboxylic acids is 1. The van der Waals surface area contributed by atoms with Gasteiger partial charge in [0, 0.05) is 23.7 Å². The summed E-state index contributed by atoms with van der Waals surface area (Å²) in [4.78, 5) is 23.8. The van der Waals surface area contributed by atoms with Crippen LogP contribution in [0.5, 0.6) is 0 Å². The minimum Gasteiger partial charge on any atom is -0.352 e. The molecule has 20 heavy (non-hydrogen) atoms. The van der Waals surface area contributed by atoms with Crippen LogP contribution < -0.4 is 10.7 Å². The summed E-state index contributed by atoms with van der Waals surface area (Å²) in [6.07, 6.45) is 3.69. The normalized spacial score (nSPS) is 12.3. The molecule has 1 aromatic heterocycles. The number of aromatic nitrogens is 1. The zero-order chi connectivity index (χ0) is 14.5. The van der Waals surface area contributed by atoms with Crippen molar-refractivity contribution in [3.05, 3.63) is 46.8 Å². The van der Waals surface area contributed by atoms with Crippen molar-refractivity contribution in [1.82, 2.24) is 9.88 Å². The van der Waals surface area contributed by atoms with Crippen LogP contribution in [0.15, 0.2) is 41.3 Å². The first-order chi connectivity index (χ1) is 9.61. The summed E-state index contributed by atoms with van der Waals surface area (Å²) in [5.74, 6) is -0.0280. The van der Waals surface area contributed by atoms with Crippen molar-refractivity contribution >= 4 is 16.8 Å². The van der Waals surface area contributed by atoms with Gasteiger partial charge in [0.05, 0.1) is 5.52 Å². The maximum absolute atomic E-state index is 12.0. The molecule has 0 aliphatic carbocycles. The van der Waals surface area contributed by atoms with E-state index in [1.54, 1.807) is 12.3 Å². The van der Waals surface area contributed by atoms with Crippen LogP contribution in [0, 0.1) is 0 Å². The second-order valence-electron chi connectivity index (χ2n) is 5.08. The van der Waals surface area contributed by atoms with E-state index in [1.807, 2.05) is 29.7 Å². The maximum atomic E-state index is 12.0. The van der Waals surface area contributed by atoms with Crippen molar-refractivity contribution in [2.45, 2.75) is 39.3 Å². The van der Waals surface area contributed by atoms with E-state index >= 15 is 0 Å². The lowest BCUT2D eigenvalue weighted by Crippen LogP contribution is -2.35. The van der Waals surface area contributed by atoms with Gasteiger partial charge in [0.25, 0.3) is 0 Å². The summed E-state index contributed by atoms with van der Waals surface area (Å²) in [6.45, 7) is 4.33. The fraction of sp³-hybridized carbons (Fsp3) is 0.375. The summed E-state index contributed by atoms with van der Waals surface area (Å²) < 4.78 is 1.81. The summed E-state index contributed by atoms with van der Waals surface area (Å²) in [5.41, 5.74) is 0.773. The zero-order valence-corrected chi connectivity index (χ0v) is 11.9. The molecule has 0 saturated heterocycles. The summed E-state index contributed by atoms with van der Waals surface area (Å²) >= 11 is 0. The highest BCUT2D eigenvalue weighted by Crippen LogP contribution is 2.09. The largest absolute Gasteiger partial charge is 0.352 e. The van der Waals surface area contributed by atoms with Crippen LogP contribution in [0.1, 0.15) is 26.7 Å². The quantitative estimate of drug-likeness (QED) is 0.908. The molecule has 1 atom stereocenters.